The second-order valence-electron chi connectivity index (χ2n) is 5.81. The Morgan fingerprint density at radius 3 is 2.61 bits per heavy atom. The van der Waals surface area contributed by atoms with Crippen molar-refractivity contribution in [3.8, 4) is 0 Å². The van der Waals surface area contributed by atoms with E-state index in [1.54, 1.807) is 0 Å². The van der Waals surface area contributed by atoms with Crippen LogP contribution in [0.15, 0.2) is 0 Å². The van der Waals surface area contributed by atoms with Crippen LogP contribution in [0.1, 0.15) is 20.3 Å². The van der Waals surface area contributed by atoms with Gasteiger partial charge in [-0.2, -0.15) is 0 Å². The molecule has 0 bridgehead atoms. The number of carbonyl (C=O) groups excluding carboxylic acids is 1. The Morgan fingerprint density at radius 1 is 1.39 bits per heavy atom. The first-order valence-corrected chi connectivity index (χ1v) is 6.88. The number of carbonyl (C=O) groups is 1. The van der Waals surface area contributed by atoms with Crippen LogP contribution < -0.4 is 16.0 Å². The van der Waals surface area contributed by atoms with E-state index in [0.29, 0.717) is 5.92 Å². The van der Waals surface area contributed by atoms with Crippen molar-refractivity contribution in [3.05, 3.63) is 0 Å². The highest BCUT2D eigenvalue weighted by atomic mass is 16.2. The number of amides is 1. The third-order valence-electron chi connectivity index (χ3n) is 3.05. The zero-order chi connectivity index (χ0) is 13.5. The summed E-state index contributed by atoms with van der Waals surface area (Å²) < 4.78 is 0. The lowest BCUT2D eigenvalue weighted by Gasteiger charge is -2.28. The summed E-state index contributed by atoms with van der Waals surface area (Å²) in [6.07, 6.45) is 1.02. The van der Waals surface area contributed by atoms with E-state index in [-0.39, 0.29) is 18.0 Å². The highest BCUT2D eigenvalue weighted by Crippen LogP contribution is 2.06. The molecule has 1 heterocycles. The van der Waals surface area contributed by atoms with Crippen molar-refractivity contribution < 1.29 is 4.79 Å². The lowest BCUT2D eigenvalue weighted by molar-refractivity contribution is -0.124. The number of rotatable bonds is 6. The normalized spacial score (nSPS) is 22.2. The molecule has 5 heteroatoms. The molecule has 1 rings (SSSR count). The molecule has 0 aromatic rings. The molecule has 2 unspecified atom stereocenters. The third-order valence-corrected chi connectivity index (χ3v) is 3.05. The van der Waals surface area contributed by atoms with Gasteiger partial charge in [0.2, 0.25) is 5.91 Å². The van der Waals surface area contributed by atoms with Crippen LogP contribution in [0.2, 0.25) is 0 Å². The number of nitrogens with one attached hydrogen (secondary N) is 3. The maximum Gasteiger partial charge on any atom is 0.238 e. The van der Waals surface area contributed by atoms with Gasteiger partial charge >= 0.3 is 0 Å². The van der Waals surface area contributed by atoms with Gasteiger partial charge < -0.3 is 20.9 Å². The first kappa shape index (κ1) is 15.4. The maximum absolute atomic E-state index is 12.1. The molecule has 1 amide bonds. The van der Waals surface area contributed by atoms with E-state index in [4.69, 9.17) is 0 Å². The second kappa shape index (κ2) is 7.71. The first-order valence-electron chi connectivity index (χ1n) is 6.88. The van der Waals surface area contributed by atoms with E-state index in [1.165, 1.54) is 0 Å². The summed E-state index contributed by atoms with van der Waals surface area (Å²) in [5.41, 5.74) is 0. The summed E-state index contributed by atoms with van der Waals surface area (Å²) >= 11 is 0. The quantitative estimate of drug-likeness (QED) is 0.607. The summed E-state index contributed by atoms with van der Waals surface area (Å²) in [7, 11) is 4.08. The van der Waals surface area contributed by atoms with Gasteiger partial charge in [0.25, 0.3) is 0 Å². The predicted octanol–water partition coefficient (Wildman–Crippen LogP) is -0.360. The molecule has 18 heavy (non-hydrogen) atoms. The van der Waals surface area contributed by atoms with E-state index in [1.807, 2.05) is 14.1 Å². The number of nitrogens with zero attached hydrogens (tertiary/aromatic N) is 1. The minimum Gasteiger partial charge on any atom is -0.351 e. The van der Waals surface area contributed by atoms with Gasteiger partial charge in [0.05, 0.1) is 6.04 Å². The van der Waals surface area contributed by atoms with Crippen LogP contribution >= 0.6 is 0 Å². The van der Waals surface area contributed by atoms with Crippen molar-refractivity contribution in [2.75, 3.05) is 40.3 Å². The average molecular weight is 256 g/mol. The molecule has 1 fully saturated rings. The Bertz CT molecular complexity index is 239. The first-order chi connectivity index (χ1) is 8.49. The minimum atomic E-state index is -0.0874. The van der Waals surface area contributed by atoms with E-state index in [2.05, 4.69) is 34.7 Å². The molecular formula is C13H28N4O. The molecule has 3 N–H and O–H groups in total. The average Bonchev–Trinajstić information content (AvgIpc) is 2.28. The lowest BCUT2D eigenvalue weighted by Crippen LogP contribution is -2.58. The predicted molar refractivity (Wildman–Crippen MR) is 74.6 cm³/mol. The van der Waals surface area contributed by atoms with Gasteiger partial charge in [0, 0.05) is 32.2 Å². The maximum atomic E-state index is 12.1. The van der Waals surface area contributed by atoms with Crippen molar-refractivity contribution in [2.45, 2.75) is 32.4 Å². The Hall–Kier alpha value is -0.650. The third kappa shape index (κ3) is 5.80. The summed E-state index contributed by atoms with van der Waals surface area (Å²) in [5, 5.41) is 9.65. The molecular weight excluding hydrogens is 228 g/mol. The van der Waals surface area contributed by atoms with Gasteiger partial charge in [-0.15, -0.1) is 0 Å². The van der Waals surface area contributed by atoms with E-state index in [0.717, 1.165) is 32.6 Å². The van der Waals surface area contributed by atoms with Crippen LogP contribution in [0, 0.1) is 5.92 Å². The Balaban J connectivity index is 2.44. The fourth-order valence-corrected chi connectivity index (χ4v) is 2.33. The lowest BCUT2D eigenvalue weighted by atomic mass is 10.0. The van der Waals surface area contributed by atoms with Gasteiger partial charge in [0.15, 0.2) is 0 Å². The van der Waals surface area contributed by atoms with Crippen molar-refractivity contribution in [2.24, 2.45) is 5.92 Å². The Labute approximate surface area is 111 Å². The highest BCUT2D eigenvalue weighted by Gasteiger charge is 2.23. The van der Waals surface area contributed by atoms with Crippen molar-refractivity contribution in [3.63, 3.8) is 0 Å². The molecule has 0 aromatic carbocycles. The molecule has 0 aliphatic carbocycles. The second-order valence-corrected chi connectivity index (χ2v) is 5.81. The standard InChI is InChI=1S/C13H28N4O/c1-10(2)7-11(9-17(3)4)16-13(18)12-8-14-5-6-15-12/h10-12,14-15H,5-9H2,1-4H3,(H,16,18). The summed E-state index contributed by atoms with van der Waals surface area (Å²) in [6, 6.07) is 0.145. The van der Waals surface area contributed by atoms with Crippen LogP contribution in [0.3, 0.4) is 0 Å². The number of hydrogen-bond donors (Lipinski definition) is 3. The van der Waals surface area contributed by atoms with Gasteiger partial charge in [-0.3, -0.25) is 4.79 Å². The van der Waals surface area contributed by atoms with E-state index < -0.39 is 0 Å². The zero-order valence-corrected chi connectivity index (χ0v) is 12.1. The largest absolute Gasteiger partial charge is 0.351 e. The van der Waals surface area contributed by atoms with Gasteiger partial charge in [0.1, 0.15) is 0 Å². The Morgan fingerprint density at radius 2 is 2.11 bits per heavy atom. The monoisotopic (exact) mass is 256 g/mol. The highest BCUT2D eigenvalue weighted by molar-refractivity contribution is 5.82. The SMILES string of the molecule is CC(C)CC(CN(C)C)NC(=O)C1CNCCN1. The van der Waals surface area contributed by atoms with Crippen LogP contribution in [-0.4, -0.2) is 63.2 Å². The topological polar surface area (TPSA) is 56.4 Å². The minimum absolute atomic E-state index is 0.0874. The number of likely N-dealkylation sites (N-methyl/N-ethyl adjacent to an activating group) is 1. The molecule has 1 aliphatic heterocycles. The Kier molecular flexibility index (Phi) is 6.60. The van der Waals surface area contributed by atoms with Crippen LogP contribution in [0.5, 0.6) is 0 Å². The molecule has 0 saturated carbocycles. The van der Waals surface area contributed by atoms with Crippen LogP contribution in [0.4, 0.5) is 0 Å². The molecule has 0 radical (unpaired) electrons. The van der Waals surface area contributed by atoms with Crippen molar-refractivity contribution in [1.29, 1.82) is 0 Å². The molecule has 0 spiro atoms. The smallest absolute Gasteiger partial charge is 0.238 e. The zero-order valence-electron chi connectivity index (χ0n) is 12.1. The van der Waals surface area contributed by atoms with E-state index >= 15 is 0 Å². The fraction of sp³-hybridized carbons (Fsp3) is 0.923. The molecule has 1 aliphatic rings. The van der Waals surface area contributed by atoms with Crippen LogP contribution in [0.25, 0.3) is 0 Å². The molecule has 5 nitrogen and oxygen atoms in total. The fourth-order valence-electron chi connectivity index (χ4n) is 2.33. The number of piperazine rings is 1. The van der Waals surface area contributed by atoms with Gasteiger partial charge in [-0.25, -0.2) is 0 Å². The molecule has 1 saturated heterocycles. The summed E-state index contributed by atoms with van der Waals surface area (Å²) in [4.78, 5) is 14.3. The van der Waals surface area contributed by atoms with Crippen molar-refractivity contribution in [1.82, 2.24) is 20.9 Å². The van der Waals surface area contributed by atoms with Crippen molar-refractivity contribution >= 4 is 5.91 Å². The summed E-state index contributed by atoms with van der Waals surface area (Å²) in [6.45, 7) is 7.80. The molecule has 0 aromatic heterocycles. The molecule has 2 atom stereocenters. The van der Waals surface area contributed by atoms with Gasteiger partial charge in [-0.1, -0.05) is 13.8 Å². The van der Waals surface area contributed by atoms with Gasteiger partial charge in [-0.05, 0) is 26.4 Å². The van der Waals surface area contributed by atoms with E-state index in [9.17, 15) is 4.79 Å². The van der Waals surface area contributed by atoms with Crippen LogP contribution in [-0.2, 0) is 4.79 Å². The summed E-state index contributed by atoms with van der Waals surface area (Å²) in [5.74, 6) is 0.711. The number of hydrogen-bond acceptors (Lipinski definition) is 4. The molecule has 106 valence electrons.